The van der Waals surface area contributed by atoms with Crippen LogP contribution < -0.4 is 20.7 Å². The van der Waals surface area contributed by atoms with E-state index >= 15 is 0 Å². The Hall–Kier alpha value is -2.29. The van der Waals surface area contributed by atoms with Crippen molar-refractivity contribution in [2.45, 2.75) is 39.7 Å². The van der Waals surface area contributed by atoms with Gasteiger partial charge in [-0.15, -0.1) is 24.0 Å². The predicted molar refractivity (Wildman–Crippen MR) is 139 cm³/mol. The lowest BCUT2D eigenvalue weighted by Gasteiger charge is -2.12. The topological polar surface area (TPSA) is 74.8 Å². The van der Waals surface area contributed by atoms with Crippen LogP contribution in [0.25, 0.3) is 0 Å². The Kier molecular flexibility index (Phi) is 13.4. The van der Waals surface area contributed by atoms with Gasteiger partial charge in [0, 0.05) is 25.2 Å². The summed E-state index contributed by atoms with van der Waals surface area (Å²) in [5.41, 5.74) is 2.99. The third-order valence-corrected chi connectivity index (χ3v) is 4.66. The summed E-state index contributed by atoms with van der Waals surface area (Å²) >= 11 is 0. The molecule has 0 spiro atoms. The van der Waals surface area contributed by atoms with Crippen molar-refractivity contribution in [1.29, 1.82) is 0 Å². The van der Waals surface area contributed by atoms with Crippen molar-refractivity contribution in [2.75, 3.05) is 26.7 Å². The van der Waals surface area contributed by atoms with Crippen molar-refractivity contribution in [3.8, 4) is 5.75 Å². The summed E-state index contributed by atoms with van der Waals surface area (Å²) in [5.74, 6) is 1.63. The number of guanidine groups is 1. The number of hydrogen-bond donors (Lipinski definition) is 3. The third kappa shape index (κ3) is 10.0. The first-order valence-electron chi connectivity index (χ1n) is 10.7. The third-order valence-electron chi connectivity index (χ3n) is 4.66. The molecule has 170 valence electrons. The van der Waals surface area contributed by atoms with E-state index in [2.05, 4.69) is 40.0 Å². The van der Waals surface area contributed by atoms with Crippen LogP contribution in [0.1, 0.15) is 48.2 Å². The molecule has 0 radical (unpaired) electrons. The van der Waals surface area contributed by atoms with E-state index in [-0.39, 0.29) is 29.9 Å². The van der Waals surface area contributed by atoms with Crippen LogP contribution in [0, 0.1) is 0 Å². The smallest absolute Gasteiger partial charge is 0.251 e. The number of hydrogen-bond acceptors (Lipinski definition) is 3. The van der Waals surface area contributed by atoms with Gasteiger partial charge in [-0.2, -0.15) is 0 Å². The number of ether oxygens (including phenoxy) is 1. The molecule has 0 saturated carbocycles. The Morgan fingerprint density at radius 3 is 2.19 bits per heavy atom. The molecule has 3 N–H and O–H groups in total. The first kappa shape index (κ1) is 26.7. The monoisotopic (exact) mass is 538 g/mol. The van der Waals surface area contributed by atoms with Gasteiger partial charge in [0.15, 0.2) is 5.96 Å². The molecule has 2 aromatic carbocycles. The van der Waals surface area contributed by atoms with Crippen molar-refractivity contribution >= 4 is 35.8 Å². The van der Waals surface area contributed by atoms with Gasteiger partial charge in [0.25, 0.3) is 5.91 Å². The highest BCUT2D eigenvalue weighted by molar-refractivity contribution is 14.0. The molecule has 2 rings (SSSR count). The lowest BCUT2D eigenvalue weighted by molar-refractivity contribution is 0.0953. The molecule has 0 aliphatic heterocycles. The molecule has 0 fully saturated rings. The molecule has 0 unspecified atom stereocenters. The molecule has 1 amide bonds. The predicted octanol–water partition coefficient (Wildman–Crippen LogP) is 4.14. The minimum atomic E-state index is -0.0213. The highest BCUT2D eigenvalue weighted by Crippen LogP contribution is 2.11. The Morgan fingerprint density at radius 2 is 1.58 bits per heavy atom. The second-order valence-electron chi connectivity index (χ2n) is 7.03. The average Bonchev–Trinajstić information content (AvgIpc) is 2.78. The van der Waals surface area contributed by atoms with E-state index in [1.54, 1.807) is 7.11 Å². The summed E-state index contributed by atoms with van der Waals surface area (Å²) in [6.07, 6.45) is 2.97. The summed E-state index contributed by atoms with van der Waals surface area (Å²) in [7, 11) is 1.67. The maximum absolute atomic E-state index is 12.1. The van der Waals surface area contributed by atoms with Gasteiger partial charge in [-0.1, -0.05) is 37.6 Å². The number of halogens is 1. The lowest BCUT2D eigenvalue weighted by Crippen LogP contribution is -2.38. The summed E-state index contributed by atoms with van der Waals surface area (Å²) < 4.78 is 5.19. The fraction of sp³-hybridized carbons (Fsp3) is 0.417. The van der Waals surface area contributed by atoms with Gasteiger partial charge in [0.05, 0.1) is 13.7 Å². The van der Waals surface area contributed by atoms with Gasteiger partial charge in [0.2, 0.25) is 0 Å². The van der Waals surface area contributed by atoms with Crippen LogP contribution in [0.4, 0.5) is 0 Å². The van der Waals surface area contributed by atoms with Crippen molar-refractivity contribution in [3.05, 3.63) is 65.2 Å². The first-order valence-corrected chi connectivity index (χ1v) is 10.7. The quantitative estimate of drug-likeness (QED) is 0.174. The van der Waals surface area contributed by atoms with Crippen LogP contribution in [0.5, 0.6) is 5.75 Å². The average molecular weight is 538 g/mol. The Balaban J connectivity index is 0.00000480. The van der Waals surface area contributed by atoms with Crippen molar-refractivity contribution in [2.24, 2.45) is 4.99 Å². The van der Waals surface area contributed by atoms with E-state index in [1.807, 2.05) is 43.3 Å². The Morgan fingerprint density at radius 1 is 0.903 bits per heavy atom. The van der Waals surface area contributed by atoms with Crippen molar-refractivity contribution in [3.63, 3.8) is 0 Å². The molecular formula is C24H35IN4O2. The molecule has 0 heterocycles. The zero-order valence-corrected chi connectivity index (χ0v) is 21.1. The highest BCUT2D eigenvalue weighted by Gasteiger charge is 2.04. The zero-order valence-electron chi connectivity index (χ0n) is 18.7. The summed E-state index contributed by atoms with van der Waals surface area (Å²) in [6.45, 7) is 7.01. The van der Waals surface area contributed by atoms with Crippen LogP contribution in [-0.2, 0) is 13.0 Å². The van der Waals surface area contributed by atoms with E-state index < -0.39 is 0 Å². The first-order chi connectivity index (χ1) is 14.7. The van der Waals surface area contributed by atoms with Crippen molar-refractivity contribution in [1.82, 2.24) is 16.0 Å². The highest BCUT2D eigenvalue weighted by atomic mass is 127. The Labute approximate surface area is 203 Å². The van der Waals surface area contributed by atoms with Crippen LogP contribution in [0.15, 0.2) is 53.5 Å². The minimum absolute atomic E-state index is 0. The number of carbonyl (C=O) groups is 1. The van der Waals surface area contributed by atoms with Gasteiger partial charge >= 0.3 is 0 Å². The SMILES string of the molecule is CCCCNC(=O)c1ccc(CN=C(NCC)NCCc2ccc(OC)cc2)cc1.I. The molecule has 0 aliphatic carbocycles. The minimum Gasteiger partial charge on any atom is -0.497 e. The second kappa shape index (κ2) is 15.5. The number of amides is 1. The molecule has 0 aliphatic rings. The lowest BCUT2D eigenvalue weighted by atomic mass is 10.1. The fourth-order valence-electron chi connectivity index (χ4n) is 2.87. The Bertz CT molecular complexity index is 792. The van der Waals surface area contributed by atoms with Crippen LogP contribution in [-0.4, -0.2) is 38.6 Å². The summed E-state index contributed by atoms with van der Waals surface area (Å²) in [4.78, 5) is 16.7. The number of benzene rings is 2. The van der Waals surface area contributed by atoms with E-state index in [1.165, 1.54) is 5.56 Å². The van der Waals surface area contributed by atoms with Gasteiger partial charge in [-0.3, -0.25) is 4.79 Å². The summed E-state index contributed by atoms with van der Waals surface area (Å²) in [5, 5.41) is 9.58. The molecule has 7 heteroatoms. The molecule has 0 atom stereocenters. The van der Waals surface area contributed by atoms with E-state index in [0.29, 0.717) is 12.1 Å². The van der Waals surface area contributed by atoms with E-state index in [9.17, 15) is 4.79 Å². The van der Waals surface area contributed by atoms with E-state index in [4.69, 9.17) is 4.74 Å². The number of nitrogens with zero attached hydrogens (tertiary/aromatic N) is 1. The van der Waals surface area contributed by atoms with Crippen molar-refractivity contribution < 1.29 is 9.53 Å². The largest absolute Gasteiger partial charge is 0.497 e. The van der Waals surface area contributed by atoms with Crippen LogP contribution in [0.2, 0.25) is 0 Å². The van der Waals surface area contributed by atoms with E-state index in [0.717, 1.165) is 56.2 Å². The number of methoxy groups -OCH3 is 1. The molecule has 2 aromatic rings. The molecule has 6 nitrogen and oxygen atoms in total. The van der Waals surface area contributed by atoms with Crippen LogP contribution in [0.3, 0.4) is 0 Å². The van der Waals surface area contributed by atoms with Gasteiger partial charge in [-0.05, 0) is 55.2 Å². The summed E-state index contributed by atoms with van der Waals surface area (Å²) in [6, 6.07) is 15.7. The number of unbranched alkanes of at least 4 members (excludes halogenated alkanes) is 1. The zero-order chi connectivity index (χ0) is 21.6. The fourth-order valence-corrected chi connectivity index (χ4v) is 2.87. The molecule has 0 bridgehead atoms. The number of rotatable bonds is 11. The molecule has 0 saturated heterocycles. The maximum Gasteiger partial charge on any atom is 0.251 e. The normalized spacial score (nSPS) is 10.7. The van der Waals surface area contributed by atoms with Crippen LogP contribution >= 0.6 is 24.0 Å². The van der Waals surface area contributed by atoms with Gasteiger partial charge in [-0.25, -0.2) is 4.99 Å². The molecule has 0 aromatic heterocycles. The second-order valence-corrected chi connectivity index (χ2v) is 7.03. The standard InChI is InChI=1S/C24H34N4O2.HI/c1-4-6-16-26-23(29)21-11-7-20(8-12-21)18-28-24(25-5-2)27-17-15-19-9-13-22(30-3)14-10-19;/h7-14H,4-6,15-18H2,1-3H3,(H,26,29)(H2,25,27,28);1H. The van der Waals surface area contributed by atoms with Gasteiger partial charge in [0.1, 0.15) is 5.75 Å². The number of nitrogens with one attached hydrogen (secondary N) is 3. The number of carbonyl (C=O) groups excluding carboxylic acids is 1. The number of aliphatic imine (C=N–C) groups is 1. The van der Waals surface area contributed by atoms with Gasteiger partial charge < -0.3 is 20.7 Å². The molecular weight excluding hydrogens is 503 g/mol. The molecule has 31 heavy (non-hydrogen) atoms. The maximum atomic E-state index is 12.1.